The molecule has 37 heavy (non-hydrogen) atoms. The second-order valence-electron chi connectivity index (χ2n) is 9.50. The molecule has 194 valence electrons. The van der Waals surface area contributed by atoms with Crippen LogP contribution in [0.5, 0.6) is 0 Å². The van der Waals surface area contributed by atoms with Gasteiger partial charge in [-0.1, -0.05) is 25.0 Å². The summed E-state index contributed by atoms with van der Waals surface area (Å²) in [6.07, 6.45) is 2.61. The van der Waals surface area contributed by atoms with E-state index in [4.69, 9.17) is 10.00 Å². The minimum atomic E-state index is -1.35. The molecule has 0 spiro atoms. The van der Waals surface area contributed by atoms with Crippen molar-refractivity contribution in [2.24, 2.45) is 5.92 Å². The van der Waals surface area contributed by atoms with Gasteiger partial charge in [0.25, 0.3) is 0 Å². The summed E-state index contributed by atoms with van der Waals surface area (Å²) in [5.74, 6) is -4.68. The highest BCUT2D eigenvalue weighted by Crippen LogP contribution is 2.34. The van der Waals surface area contributed by atoms with Gasteiger partial charge in [0.2, 0.25) is 11.8 Å². The molecule has 0 bridgehead atoms. The molecule has 1 N–H and O–H groups in total. The summed E-state index contributed by atoms with van der Waals surface area (Å²) in [5, 5.41) is 11.7. The number of nitrogens with one attached hydrogen (secondary N) is 1. The molecular formula is C27H26F3N3O4. The Labute approximate surface area is 212 Å². The van der Waals surface area contributed by atoms with Gasteiger partial charge >= 0.3 is 5.97 Å². The number of rotatable bonds is 10. The molecule has 2 aromatic carbocycles. The van der Waals surface area contributed by atoms with Gasteiger partial charge in [0, 0.05) is 37.1 Å². The van der Waals surface area contributed by atoms with Crippen LogP contribution in [0, 0.1) is 34.7 Å². The number of likely N-dealkylation sites (tertiary alicyclic amines) is 1. The molecule has 1 aliphatic carbocycles. The molecule has 10 heteroatoms. The van der Waals surface area contributed by atoms with Gasteiger partial charge in [0.05, 0.1) is 11.6 Å². The highest BCUT2D eigenvalue weighted by molar-refractivity contribution is 5.86. The van der Waals surface area contributed by atoms with Crippen LogP contribution in [0.1, 0.15) is 55.2 Å². The van der Waals surface area contributed by atoms with E-state index >= 15 is 0 Å². The second-order valence-corrected chi connectivity index (χ2v) is 9.50. The number of amides is 2. The number of hydrogen-bond acceptors (Lipinski definition) is 5. The molecule has 1 aliphatic heterocycles. The Balaban J connectivity index is 1.37. The van der Waals surface area contributed by atoms with E-state index in [0.29, 0.717) is 36.0 Å². The Bertz CT molecular complexity index is 1240. The summed E-state index contributed by atoms with van der Waals surface area (Å²) in [6, 6.07) is 8.45. The van der Waals surface area contributed by atoms with Crippen molar-refractivity contribution in [3.8, 4) is 6.07 Å². The van der Waals surface area contributed by atoms with Crippen molar-refractivity contribution in [1.82, 2.24) is 10.2 Å². The van der Waals surface area contributed by atoms with Crippen LogP contribution >= 0.6 is 0 Å². The lowest BCUT2D eigenvalue weighted by atomic mass is 10.1. The molecule has 0 radical (unpaired) electrons. The van der Waals surface area contributed by atoms with Crippen molar-refractivity contribution in [3.63, 3.8) is 0 Å². The Morgan fingerprint density at radius 1 is 1.16 bits per heavy atom. The van der Waals surface area contributed by atoms with E-state index in [1.807, 2.05) is 6.07 Å². The maximum atomic E-state index is 14.2. The van der Waals surface area contributed by atoms with Crippen LogP contribution in [0.2, 0.25) is 0 Å². The number of halogens is 3. The predicted molar refractivity (Wildman–Crippen MR) is 125 cm³/mol. The van der Waals surface area contributed by atoms with E-state index in [1.165, 1.54) is 4.90 Å². The first-order chi connectivity index (χ1) is 17.7. The fourth-order valence-electron chi connectivity index (χ4n) is 4.48. The lowest BCUT2D eigenvalue weighted by Crippen LogP contribution is -2.44. The average molecular weight is 514 g/mol. The van der Waals surface area contributed by atoms with E-state index in [9.17, 15) is 27.6 Å². The van der Waals surface area contributed by atoms with Gasteiger partial charge < -0.3 is 15.0 Å². The first-order valence-corrected chi connectivity index (χ1v) is 12.1. The number of carbonyl (C=O) groups excluding carboxylic acids is 3. The SMILES string of the molecule is N#Cc1cccc(COC(=O)[C@H](CC2CC2)NC(=O)C[C@@H]2CCC(=O)N2Cc2cc(F)cc(F)c2F)c1. The van der Waals surface area contributed by atoms with Gasteiger partial charge in [-0.15, -0.1) is 0 Å². The van der Waals surface area contributed by atoms with Crippen LogP contribution in [0.15, 0.2) is 36.4 Å². The molecule has 1 heterocycles. The average Bonchev–Trinajstić information content (AvgIpc) is 3.63. The molecule has 0 aromatic heterocycles. The fourth-order valence-corrected chi connectivity index (χ4v) is 4.48. The summed E-state index contributed by atoms with van der Waals surface area (Å²) in [6.45, 7) is -0.418. The van der Waals surface area contributed by atoms with Gasteiger partial charge in [-0.25, -0.2) is 18.0 Å². The molecule has 1 saturated heterocycles. The molecule has 4 rings (SSSR count). The highest BCUT2D eigenvalue weighted by Gasteiger charge is 2.36. The molecule has 2 fully saturated rings. The minimum absolute atomic E-state index is 0.0495. The topological polar surface area (TPSA) is 99.5 Å². The summed E-state index contributed by atoms with van der Waals surface area (Å²) in [7, 11) is 0. The predicted octanol–water partition coefficient (Wildman–Crippen LogP) is 3.88. The van der Waals surface area contributed by atoms with Crippen LogP contribution in [-0.2, 0) is 32.3 Å². The Hall–Kier alpha value is -3.87. The molecule has 0 unspecified atom stereocenters. The normalized spacial score (nSPS) is 17.8. The summed E-state index contributed by atoms with van der Waals surface area (Å²) in [5.41, 5.74) is 0.770. The lowest BCUT2D eigenvalue weighted by Gasteiger charge is -2.26. The van der Waals surface area contributed by atoms with Crippen molar-refractivity contribution in [1.29, 1.82) is 5.26 Å². The van der Waals surface area contributed by atoms with E-state index in [2.05, 4.69) is 5.32 Å². The van der Waals surface area contributed by atoms with Crippen molar-refractivity contribution >= 4 is 17.8 Å². The van der Waals surface area contributed by atoms with Crippen molar-refractivity contribution in [3.05, 3.63) is 70.5 Å². The van der Waals surface area contributed by atoms with Crippen LogP contribution in [0.3, 0.4) is 0 Å². The zero-order chi connectivity index (χ0) is 26.5. The van der Waals surface area contributed by atoms with Crippen LogP contribution < -0.4 is 5.32 Å². The molecule has 2 aliphatic rings. The number of nitriles is 1. The third-order valence-corrected chi connectivity index (χ3v) is 6.61. The second kappa shape index (κ2) is 11.5. The van der Waals surface area contributed by atoms with Crippen LogP contribution in [-0.4, -0.2) is 34.8 Å². The maximum absolute atomic E-state index is 14.2. The molecule has 1 saturated carbocycles. The summed E-state index contributed by atoms with van der Waals surface area (Å²) < 4.78 is 46.8. The minimum Gasteiger partial charge on any atom is -0.459 e. The quantitative estimate of drug-likeness (QED) is 0.384. The van der Waals surface area contributed by atoms with Crippen LogP contribution in [0.25, 0.3) is 0 Å². The Morgan fingerprint density at radius 3 is 2.68 bits per heavy atom. The summed E-state index contributed by atoms with van der Waals surface area (Å²) >= 11 is 0. The van der Waals surface area contributed by atoms with E-state index in [0.717, 1.165) is 18.9 Å². The molecule has 2 atom stereocenters. The largest absolute Gasteiger partial charge is 0.459 e. The van der Waals surface area contributed by atoms with Gasteiger partial charge in [-0.3, -0.25) is 9.59 Å². The maximum Gasteiger partial charge on any atom is 0.328 e. The van der Waals surface area contributed by atoms with Gasteiger partial charge in [0.1, 0.15) is 18.5 Å². The van der Waals surface area contributed by atoms with E-state index in [-0.39, 0.29) is 37.5 Å². The number of nitrogens with zero attached hydrogens (tertiary/aromatic N) is 2. The zero-order valence-corrected chi connectivity index (χ0v) is 20.0. The number of benzene rings is 2. The van der Waals surface area contributed by atoms with Crippen LogP contribution in [0.4, 0.5) is 13.2 Å². The van der Waals surface area contributed by atoms with E-state index in [1.54, 1.807) is 24.3 Å². The molecule has 7 nitrogen and oxygen atoms in total. The van der Waals surface area contributed by atoms with Gasteiger partial charge in [-0.05, 0) is 42.5 Å². The lowest BCUT2D eigenvalue weighted by molar-refractivity contribution is -0.149. The molecule has 2 amide bonds. The first-order valence-electron chi connectivity index (χ1n) is 12.1. The molecular weight excluding hydrogens is 487 g/mol. The van der Waals surface area contributed by atoms with Gasteiger partial charge in [-0.2, -0.15) is 5.26 Å². The van der Waals surface area contributed by atoms with Crippen molar-refractivity contribution in [2.75, 3.05) is 0 Å². The Morgan fingerprint density at radius 2 is 1.95 bits per heavy atom. The third-order valence-electron chi connectivity index (χ3n) is 6.61. The number of ether oxygens (including phenoxy) is 1. The van der Waals surface area contributed by atoms with Crippen molar-refractivity contribution in [2.45, 2.75) is 63.8 Å². The number of esters is 1. The number of hydrogen-bond donors (Lipinski definition) is 1. The first kappa shape index (κ1) is 26.2. The van der Waals surface area contributed by atoms with Gasteiger partial charge in [0.15, 0.2) is 11.6 Å². The highest BCUT2D eigenvalue weighted by atomic mass is 19.2. The zero-order valence-electron chi connectivity index (χ0n) is 20.0. The van der Waals surface area contributed by atoms with Crippen molar-refractivity contribution < 1.29 is 32.3 Å². The standard InChI is InChI=1S/C27H26F3N3O4/c28-20-10-19(26(30)22(29)11-20)14-33-21(6-7-25(33)35)12-24(34)32-23(9-16-4-5-16)27(36)37-15-18-3-1-2-17(8-18)13-31/h1-3,8,10-11,16,21,23H,4-7,9,12,14-15H2,(H,32,34)/t21-,23-/m0/s1. The fraction of sp³-hybridized carbons (Fsp3) is 0.407. The summed E-state index contributed by atoms with van der Waals surface area (Å²) in [4.78, 5) is 39.3. The van der Waals surface area contributed by atoms with E-state index < -0.39 is 41.4 Å². The smallest absolute Gasteiger partial charge is 0.328 e. The third kappa shape index (κ3) is 6.88. The monoisotopic (exact) mass is 513 g/mol. The molecule has 2 aromatic rings. The number of carbonyl (C=O) groups is 3. The Kier molecular flexibility index (Phi) is 8.11.